The van der Waals surface area contributed by atoms with Crippen molar-refractivity contribution in [2.24, 2.45) is 5.73 Å². The third-order valence-electron chi connectivity index (χ3n) is 4.32. The molecule has 3 N–H and O–H groups in total. The summed E-state index contributed by atoms with van der Waals surface area (Å²) in [5.41, 5.74) is 7.93. The second-order valence-electron chi connectivity index (χ2n) is 6.03. The molecule has 1 aliphatic rings. The molecule has 1 aliphatic heterocycles. The Kier molecular flexibility index (Phi) is 4.60. The lowest BCUT2D eigenvalue weighted by atomic mass is 10.0. The maximum absolute atomic E-state index is 12.4. The lowest BCUT2D eigenvalue weighted by molar-refractivity contribution is -0.128. The summed E-state index contributed by atoms with van der Waals surface area (Å²) < 4.78 is 1.75. The molecule has 26 heavy (non-hydrogen) atoms. The number of hydrogen-bond acceptors (Lipinski definition) is 4. The van der Waals surface area contributed by atoms with Gasteiger partial charge in [-0.1, -0.05) is 25.1 Å². The van der Waals surface area contributed by atoms with Gasteiger partial charge in [-0.15, -0.1) is 0 Å². The molecule has 7 nitrogen and oxygen atoms in total. The van der Waals surface area contributed by atoms with Gasteiger partial charge in [-0.2, -0.15) is 0 Å². The molecule has 0 aliphatic carbocycles. The topological polar surface area (TPSA) is 97.4 Å². The second-order valence-corrected chi connectivity index (χ2v) is 6.41. The molecular formula is C18H18N4O3S. The second kappa shape index (κ2) is 6.72. The van der Waals surface area contributed by atoms with Crippen LogP contribution in [0, 0.1) is 0 Å². The Balaban J connectivity index is 2.19. The highest BCUT2D eigenvalue weighted by molar-refractivity contribution is 7.80. The predicted octanol–water partition coefficient (Wildman–Crippen LogP) is 0.945. The summed E-state index contributed by atoms with van der Waals surface area (Å²) in [7, 11) is 1.50. The first-order valence-corrected chi connectivity index (χ1v) is 8.48. The Morgan fingerprint density at radius 2 is 2.08 bits per heavy atom. The van der Waals surface area contributed by atoms with E-state index < -0.39 is 17.7 Å². The van der Waals surface area contributed by atoms with Crippen molar-refractivity contribution in [3.05, 3.63) is 41.1 Å². The summed E-state index contributed by atoms with van der Waals surface area (Å²) in [5.74, 6) is -1.48. The van der Waals surface area contributed by atoms with E-state index in [2.05, 4.69) is 5.32 Å². The van der Waals surface area contributed by atoms with Crippen LogP contribution in [0.2, 0.25) is 0 Å². The molecule has 3 rings (SSSR count). The summed E-state index contributed by atoms with van der Waals surface area (Å²) in [6.07, 6.45) is 4.02. The molecule has 1 aromatic heterocycles. The van der Waals surface area contributed by atoms with Crippen LogP contribution in [0.4, 0.5) is 0 Å². The van der Waals surface area contributed by atoms with Gasteiger partial charge in [0.2, 0.25) is 5.91 Å². The number of para-hydroxylation sites is 1. The molecule has 8 heteroatoms. The minimum absolute atomic E-state index is 0.0128. The first-order chi connectivity index (χ1) is 12.3. The summed E-state index contributed by atoms with van der Waals surface area (Å²) in [6, 6.07) is 5.77. The van der Waals surface area contributed by atoms with E-state index >= 15 is 0 Å². The normalized spacial score (nSPS) is 16.5. The number of benzene rings is 1. The maximum atomic E-state index is 12.4. The van der Waals surface area contributed by atoms with Crippen molar-refractivity contribution in [3.63, 3.8) is 0 Å². The van der Waals surface area contributed by atoms with Crippen LogP contribution >= 0.6 is 12.2 Å². The Hall–Kier alpha value is -3.00. The Morgan fingerprint density at radius 3 is 2.73 bits per heavy atom. The SMILES string of the molecule is CCc1cccc2c(/C=C3/C(=O)NC(=S)N(C)C3=O)cn(CC(N)=O)c12. The van der Waals surface area contributed by atoms with Crippen LogP contribution in [0.25, 0.3) is 17.0 Å². The zero-order valence-corrected chi connectivity index (χ0v) is 15.2. The summed E-state index contributed by atoms with van der Waals surface area (Å²) in [5, 5.41) is 3.40. The summed E-state index contributed by atoms with van der Waals surface area (Å²) in [4.78, 5) is 37.3. The highest BCUT2D eigenvalue weighted by Crippen LogP contribution is 2.28. The molecular weight excluding hydrogens is 352 g/mol. The van der Waals surface area contributed by atoms with Crippen molar-refractivity contribution < 1.29 is 14.4 Å². The van der Waals surface area contributed by atoms with Crippen molar-refractivity contribution in [2.75, 3.05) is 7.05 Å². The number of amides is 3. The number of rotatable bonds is 4. The van der Waals surface area contributed by atoms with Crippen molar-refractivity contribution in [2.45, 2.75) is 19.9 Å². The molecule has 0 spiro atoms. The number of carbonyl (C=O) groups excluding carboxylic acids is 3. The third-order valence-corrected chi connectivity index (χ3v) is 4.70. The zero-order chi connectivity index (χ0) is 19.0. The van der Waals surface area contributed by atoms with Crippen molar-refractivity contribution >= 4 is 52.0 Å². The lowest BCUT2D eigenvalue weighted by Gasteiger charge is -2.24. The monoisotopic (exact) mass is 370 g/mol. The Labute approximate surface area is 155 Å². The predicted molar refractivity (Wildman–Crippen MR) is 102 cm³/mol. The molecule has 1 aromatic carbocycles. The van der Waals surface area contributed by atoms with E-state index in [4.69, 9.17) is 18.0 Å². The standard InChI is InChI=1S/C18H18N4O3S/c1-3-10-5-4-6-12-11(8-22(15(10)12)9-14(19)23)7-13-16(24)20-18(26)21(2)17(13)25/h4-8H,3,9H2,1-2H3,(H2,19,23)(H,20,24,26)/b13-7-. The van der Waals surface area contributed by atoms with E-state index in [1.807, 2.05) is 25.1 Å². The average molecular weight is 370 g/mol. The van der Waals surface area contributed by atoms with Crippen LogP contribution in [-0.4, -0.2) is 39.3 Å². The smallest absolute Gasteiger partial charge is 0.265 e. The van der Waals surface area contributed by atoms with E-state index in [1.165, 1.54) is 18.0 Å². The number of nitrogens with one attached hydrogen (secondary N) is 1. The van der Waals surface area contributed by atoms with Crippen LogP contribution < -0.4 is 11.1 Å². The number of likely N-dealkylation sites (N-methyl/N-ethyl adjacent to an activating group) is 1. The zero-order valence-electron chi connectivity index (χ0n) is 14.4. The number of aryl methyl sites for hydroxylation is 1. The van der Waals surface area contributed by atoms with Crippen molar-refractivity contribution in [1.82, 2.24) is 14.8 Å². The van der Waals surface area contributed by atoms with Gasteiger partial charge in [-0.3, -0.25) is 24.6 Å². The molecule has 0 unspecified atom stereocenters. The van der Waals surface area contributed by atoms with Gasteiger partial charge in [0.15, 0.2) is 5.11 Å². The summed E-state index contributed by atoms with van der Waals surface area (Å²) >= 11 is 4.95. The van der Waals surface area contributed by atoms with Gasteiger partial charge in [0.1, 0.15) is 12.1 Å². The van der Waals surface area contributed by atoms with Crippen LogP contribution in [0.1, 0.15) is 18.1 Å². The quantitative estimate of drug-likeness (QED) is 0.476. The van der Waals surface area contributed by atoms with Crippen LogP contribution in [0.3, 0.4) is 0 Å². The van der Waals surface area contributed by atoms with Crippen LogP contribution in [0.5, 0.6) is 0 Å². The van der Waals surface area contributed by atoms with Gasteiger partial charge in [0, 0.05) is 24.2 Å². The molecule has 134 valence electrons. The number of carbonyl (C=O) groups is 3. The van der Waals surface area contributed by atoms with E-state index in [-0.39, 0.29) is 17.2 Å². The fourth-order valence-corrected chi connectivity index (χ4v) is 3.24. The van der Waals surface area contributed by atoms with E-state index in [1.54, 1.807) is 10.8 Å². The third kappa shape index (κ3) is 2.99. The molecule has 0 saturated carbocycles. The number of hydrogen-bond donors (Lipinski definition) is 2. The number of aromatic nitrogens is 1. The molecule has 0 radical (unpaired) electrons. The van der Waals surface area contributed by atoms with Gasteiger partial charge >= 0.3 is 0 Å². The molecule has 2 heterocycles. The van der Waals surface area contributed by atoms with Gasteiger partial charge < -0.3 is 10.3 Å². The fourth-order valence-electron chi connectivity index (χ4n) is 3.06. The molecule has 2 aromatic rings. The van der Waals surface area contributed by atoms with Gasteiger partial charge in [-0.05, 0) is 30.3 Å². The minimum atomic E-state index is -0.541. The van der Waals surface area contributed by atoms with Crippen molar-refractivity contribution in [3.8, 4) is 0 Å². The maximum Gasteiger partial charge on any atom is 0.265 e. The number of fused-ring (bicyclic) bond motifs is 1. The van der Waals surface area contributed by atoms with E-state index in [9.17, 15) is 14.4 Å². The minimum Gasteiger partial charge on any atom is -0.368 e. The van der Waals surface area contributed by atoms with E-state index in [0.717, 1.165) is 22.9 Å². The fraction of sp³-hybridized carbons (Fsp3) is 0.222. The largest absolute Gasteiger partial charge is 0.368 e. The highest BCUT2D eigenvalue weighted by Gasteiger charge is 2.31. The Morgan fingerprint density at radius 1 is 1.35 bits per heavy atom. The van der Waals surface area contributed by atoms with E-state index in [0.29, 0.717) is 5.56 Å². The molecule has 0 bridgehead atoms. The van der Waals surface area contributed by atoms with Crippen molar-refractivity contribution in [1.29, 1.82) is 0 Å². The number of nitrogens with zero attached hydrogens (tertiary/aromatic N) is 2. The number of thiocarbonyl (C=S) groups is 1. The van der Waals surface area contributed by atoms with Gasteiger partial charge in [0.05, 0.1) is 5.52 Å². The number of primary amides is 1. The lowest BCUT2D eigenvalue weighted by Crippen LogP contribution is -2.52. The van der Waals surface area contributed by atoms with Crippen LogP contribution in [0.15, 0.2) is 30.0 Å². The molecule has 1 fully saturated rings. The first-order valence-electron chi connectivity index (χ1n) is 8.07. The molecule has 3 amide bonds. The molecule has 0 atom stereocenters. The summed E-state index contributed by atoms with van der Waals surface area (Å²) in [6.45, 7) is 2.03. The first kappa shape index (κ1) is 17.8. The molecule has 1 saturated heterocycles. The highest BCUT2D eigenvalue weighted by atomic mass is 32.1. The Bertz CT molecular complexity index is 990. The number of nitrogens with two attached hydrogens (primary N) is 1. The van der Waals surface area contributed by atoms with Crippen LogP contribution in [-0.2, 0) is 27.3 Å². The van der Waals surface area contributed by atoms with Gasteiger partial charge in [0.25, 0.3) is 11.8 Å². The van der Waals surface area contributed by atoms with Gasteiger partial charge in [-0.25, -0.2) is 0 Å². The average Bonchev–Trinajstić information content (AvgIpc) is 2.94.